The third-order valence-corrected chi connectivity index (χ3v) is 5.06. The molecule has 4 unspecified atom stereocenters. The summed E-state index contributed by atoms with van der Waals surface area (Å²) < 4.78 is 5.88. The second kappa shape index (κ2) is 3.83. The van der Waals surface area contributed by atoms with Crippen LogP contribution in [0.1, 0.15) is 19.8 Å². The Labute approximate surface area is 121 Å². The number of rotatable bonds is 1. The van der Waals surface area contributed by atoms with Crippen LogP contribution in [-0.4, -0.2) is 23.5 Å². The van der Waals surface area contributed by atoms with Crippen LogP contribution in [0.2, 0.25) is 5.02 Å². The van der Waals surface area contributed by atoms with Gasteiger partial charge in [0.05, 0.1) is 29.2 Å². The van der Waals surface area contributed by atoms with Crippen molar-refractivity contribution in [2.75, 3.05) is 4.90 Å². The van der Waals surface area contributed by atoms with Crippen LogP contribution in [0.4, 0.5) is 5.69 Å². The smallest absolute Gasteiger partial charge is 0.240 e. The molecule has 3 fully saturated rings. The molecule has 104 valence electrons. The van der Waals surface area contributed by atoms with Gasteiger partial charge < -0.3 is 4.74 Å². The summed E-state index contributed by atoms with van der Waals surface area (Å²) in [6.07, 6.45) is 1.60. The highest BCUT2D eigenvalue weighted by Gasteiger charge is 2.67. The van der Waals surface area contributed by atoms with Gasteiger partial charge in [-0.2, -0.15) is 0 Å². The van der Waals surface area contributed by atoms with Gasteiger partial charge in [0.2, 0.25) is 11.8 Å². The lowest BCUT2D eigenvalue weighted by molar-refractivity contribution is -0.126. The van der Waals surface area contributed by atoms with Gasteiger partial charge in [0, 0.05) is 5.02 Å². The van der Waals surface area contributed by atoms with Gasteiger partial charge in [-0.05, 0) is 38.0 Å². The Morgan fingerprint density at radius 3 is 2.85 bits per heavy atom. The fourth-order valence-electron chi connectivity index (χ4n) is 3.95. The number of carbonyl (C=O) groups excluding carboxylic acids is 2. The molecule has 4 rings (SSSR count). The van der Waals surface area contributed by atoms with Gasteiger partial charge in [-0.3, -0.25) is 9.59 Å². The van der Waals surface area contributed by atoms with E-state index in [2.05, 4.69) is 0 Å². The summed E-state index contributed by atoms with van der Waals surface area (Å²) in [5.41, 5.74) is 0.0833. The molecular weight excluding hydrogens is 278 g/mol. The molecular formula is C15H14ClNO3. The van der Waals surface area contributed by atoms with Crippen LogP contribution in [0.25, 0.3) is 0 Å². The van der Waals surface area contributed by atoms with Gasteiger partial charge in [-0.15, -0.1) is 0 Å². The topological polar surface area (TPSA) is 46.6 Å². The van der Waals surface area contributed by atoms with Gasteiger partial charge in [-0.25, -0.2) is 4.90 Å². The lowest BCUT2D eigenvalue weighted by atomic mass is 9.74. The summed E-state index contributed by atoms with van der Waals surface area (Å²) in [6.45, 7) is 1.95. The molecule has 3 aliphatic heterocycles. The van der Waals surface area contributed by atoms with Crippen molar-refractivity contribution in [1.29, 1.82) is 0 Å². The average molecular weight is 292 g/mol. The molecule has 2 amide bonds. The number of amides is 2. The second-order valence-electron chi connectivity index (χ2n) is 6.00. The van der Waals surface area contributed by atoms with Gasteiger partial charge in [0.15, 0.2) is 0 Å². The molecule has 5 heteroatoms. The van der Waals surface area contributed by atoms with Crippen LogP contribution in [-0.2, 0) is 14.3 Å². The maximum atomic E-state index is 12.7. The number of nitrogens with zero attached hydrogens (tertiary/aromatic N) is 1. The van der Waals surface area contributed by atoms with Crippen LogP contribution in [0, 0.1) is 11.8 Å². The fraction of sp³-hybridized carbons (Fsp3) is 0.467. The average Bonchev–Trinajstić information content (AvgIpc) is 2.99. The molecule has 0 saturated carbocycles. The van der Waals surface area contributed by atoms with Crippen molar-refractivity contribution in [3.8, 4) is 0 Å². The Morgan fingerprint density at radius 2 is 2.15 bits per heavy atom. The van der Waals surface area contributed by atoms with Crippen molar-refractivity contribution >= 4 is 29.1 Å². The predicted molar refractivity (Wildman–Crippen MR) is 73.4 cm³/mol. The zero-order chi connectivity index (χ0) is 14.1. The summed E-state index contributed by atoms with van der Waals surface area (Å²) >= 11 is 5.96. The van der Waals surface area contributed by atoms with Crippen LogP contribution >= 0.6 is 11.6 Å². The summed E-state index contributed by atoms with van der Waals surface area (Å²) in [5, 5.41) is 0.519. The monoisotopic (exact) mass is 291 g/mol. The number of benzene rings is 1. The van der Waals surface area contributed by atoms with E-state index in [1.807, 2.05) is 6.92 Å². The van der Waals surface area contributed by atoms with Crippen LogP contribution < -0.4 is 4.90 Å². The molecule has 4 atom stereocenters. The SMILES string of the molecule is CC12CCC(O1)C1C(=O)N(c3cccc(Cl)c3)C(=O)C12. The van der Waals surface area contributed by atoms with Crippen molar-refractivity contribution in [1.82, 2.24) is 0 Å². The van der Waals surface area contributed by atoms with E-state index in [-0.39, 0.29) is 29.8 Å². The minimum atomic E-state index is -0.477. The maximum absolute atomic E-state index is 12.7. The van der Waals surface area contributed by atoms with Gasteiger partial charge in [-0.1, -0.05) is 17.7 Å². The summed E-state index contributed by atoms with van der Waals surface area (Å²) in [6, 6.07) is 6.88. The van der Waals surface area contributed by atoms with E-state index in [0.29, 0.717) is 10.7 Å². The van der Waals surface area contributed by atoms with E-state index in [9.17, 15) is 9.59 Å². The largest absolute Gasteiger partial charge is 0.370 e. The van der Waals surface area contributed by atoms with Gasteiger partial charge in [0.25, 0.3) is 0 Å². The van der Waals surface area contributed by atoms with E-state index in [1.165, 1.54) is 4.90 Å². The standard InChI is InChI=1S/C15H14ClNO3/c1-15-6-5-10(20-15)11-12(15)14(19)17(13(11)18)9-4-2-3-8(16)7-9/h2-4,7,10-12H,5-6H2,1H3. The first-order valence-electron chi connectivity index (χ1n) is 6.82. The molecule has 4 nitrogen and oxygen atoms in total. The minimum absolute atomic E-state index is 0.106. The first-order chi connectivity index (χ1) is 9.51. The number of hydrogen-bond acceptors (Lipinski definition) is 3. The number of hydrogen-bond donors (Lipinski definition) is 0. The van der Waals surface area contributed by atoms with Crippen molar-refractivity contribution in [3.05, 3.63) is 29.3 Å². The van der Waals surface area contributed by atoms with Crippen molar-refractivity contribution in [2.45, 2.75) is 31.5 Å². The number of fused-ring (bicyclic) bond motifs is 5. The lowest BCUT2D eigenvalue weighted by Crippen LogP contribution is -2.39. The number of carbonyl (C=O) groups is 2. The molecule has 0 aromatic heterocycles. The van der Waals surface area contributed by atoms with Gasteiger partial charge in [0.1, 0.15) is 0 Å². The Bertz CT molecular complexity index is 631. The fourth-order valence-corrected chi connectivity index (χ4v) is 4.14. The number of halogens is 1. The highest BCUT2D eigenvalue weighted by atomic mass is 35.5. The maximum Gasteiger partial charge on any atom is 0.240 e. The third kappa shape index (κ3) is 1.41. The molecule has 0 radical (unpaired) electrons. The van der Waals surface area contributed by atoms with Crippen LogP contribution in [0.5, 0.6) is 0 Å². The Hall–Kier alpha value is -1.39. The minimum Gasteiger partial charge on any atom is -0.370 e. The molecule has 20 heavy (non-hydrogen) atoms. The molecule has 1 aromatic carbocycles. The molecule has 3 heterocycles. The van der Waals surface area contributed by atoms with Crippen LogP contribution in [0.3, 0.4) is 0 Å². The van der Waals surface area contributed by atoms with Crippen molar-refractivity contribution in [3.63, 3.8) is 0 Å². The molecule has 3 saturated heterocycles. The first kappa shape index (κ1) is 12.4. The van der Waals surface area contributed by atoms with Crippen molar-refractivity contribution in [2.24, 2.45) is 11.8 Å². The molecule has 0 spiro atoms. The lowest BCUT2D eigenvalue weighted by Gasteiger charge is -2.26. The Morgan fingerprint density at radius 1 is 1.35 bits per heavy atom. The first-order valence-corrected chi connectivity index (χ1v) is 7.20. The Kier molecular flexibility index (Phi) is 2.37. The Balaban J connectivity index is 1.78. The summed E-state index contributed by atoms with van der Waals surface area (Å²) in [4.78, 5) is 26.6. The molecule has 3 aliphatic rings. The van der Waals surface area contributed by atoms with Gasteiger partial charge >= 0.3 is 0 Å². The summed E-state index contributed by atoms with van der Waals surface area (Å²) in [7, 11) is 0. The molecule has 0 N–H and O–H groups in total. The second-order valence-corrected chi connectivity index (χ2v) is 6.44. The summed E-state index contributed by atoms with van der Waals surface area (Å²) in [5.74, 6) is -0.948. The highest BCUT2D eigenvalue weighted by molar-refractivity contribution is 6.31. The van der Waals surface area contributed by atoms with Crippen molar-refractivity contribution < 1.29 is 14.3 Å². The third-order valence-electron chi connectivity index (χ3n) is 4.82. The van der Waals surface area contributed by atoms with E-state index in [0.717, 1.165) is 12.8 Å². The predicted octanol–water partition coefficient (Wildman–Crippen LogP) is 2.40. The molecule has 2 bridgehead atoms. The number of anilines is 1. The highest BCUT2D eigenvalue weighted by Crippen LogP contribution is 2.55. The quantitative estimate of drug-likeness (QED) is 0.747. The number of imide groups is 1. The number of ether oxygens (including phenoxy) is 1. The van der Waals surface area contributed by atoms with E-state index < -0.39 is 5.60 Å². The van der Waals surface area contributed by atoms with E-state index in [4.69, 9.17) is 16.3 Å². The zero-order valence-electron chi connectivity index (χ0n) is 11.0. The van der Waals surface area contributed by atoms with E-state index >= 15 is 0 Å². The van der Waals surface area contributed by atoms with E-state index in [1.54, 1.807) is 24.3 Å². The van der Waals surface area contributed by atoms with Crippen LogP contribution in [0.15, 0.2) is 24.3 Å². The molecule has 0 aliphatic carbocycles. The normalized spacial score (nSPS) is 38.7. The molecule has 1 aromatic rings. The zero-order valence-corrected chi connectivity index (χ0v) is 11.8.